The number of hydrogen-bond acceptors (Lipinski definition) is 6. The van der Waals surface area contributed by atoms with Crippen molar-refractivity contribution in [2.75, 3.05) is 33.0 Å². The Morgan fingerprint density at radius 2 is 0.658 bits per heavy atom. The Balaban J connectivity index is 1.16. The van der Waals surface area contributed by atoms with E-state index in [9.17, 15) is 13.2 Å². The van der Waals surface area contributed by atoms with E-state index in [-0.39, 0.29) is 17.7 Å². The average Bonchev–Trinajstić information content (AvgIpc) is 3.40. The van der Waals surface area contributed by atoms with E-state index in [4.69, 9.17) is 23.7 Å². The van der Waals surface area contributed by atoms with Crippen LogP contribution in [0.5, 0.6) is 34.5 Å². The monoisotopic (exact) mass is 1020 g/mol. The van der Waals surface area contributed by atoms with Crippen molar-refractivity contribution >= 4 is 0 Å². The molecule has 0 saturated heterocycles. The first kappa shape index (κ1) is 53.0. The minimum absolute atomic E-state index is 0.0537. The summed E-state index contributed by atoms with van der Waals surface area (Å²) >= 11 is 0. The summed E-state index contributed by atoms with van der Waals surface area (Å²) in [5, 5.41) is 0. The van der Waals surface area contributed by atoms with Crippen LogP contribution < -0.4 is 28.4 Å². The summed E-state index contributed by atoms with van der Waals surface area (Å²) in [7, 11) is 0. The Hall–Kier alpha value is -4.81. The Morgan fingerprint density at radius 3 is 1.00 bits per heavy atom. The number of rotatable bonds is 20. The van der Waals surface area contributed by atoms with Gasteiger partial charge in [-0.25, -0.2) is 22.0 Å². The van der Waals surface area contributed by atoms with Gasteiger partial charge in [-0.2, -0.15) is 8.78 Å². The maximum absolute atomic E-state index is 15.8. The van der Waals surface area contributed by atoms with Crippen LogP contribution in [0.1, 0.15) is 166 Å². The molecule has 0 radical (unpaired) electrons. The van der Waals surface area contributed by atoms with Gasteiger partial charge in [-0.05, 0) is 123 Å². The summed E-state index contributed by atoms with van der Waals surface area (Å²) in [5.74, 6) is -5.66. The normalized spacial score (nSPS) is 19.2. The van der Waals surface area contributed by atoms with Gasteiger partial charge in [0.2, 0.25) is 17.2 Å². The highest BCUT2D eigenvalue weighted by Gasteiger charge is 2.42. The van der Waals surface area contributed by atoms with E-state index < -0.39 is 46.5 Å². The number of alkyl halides is 2. The molecule has 5 saturated carbocycles. The van der Waals surface area contributed by atoms with Gasteiger partial charge in [0.1, 0.15) is 22.9 Å². The standard InChI is InChI=1S/C60H73F7O6/c61-48-30-46(31-49(62)53(48)60(66,67)73-47-32-50(63)54(65)51(64)33-47)44-26-28-45(29-27-44)52-55(68-34-39-16-6-1-7-17-39)57(70-36-41-20-10-3-11-21-41)59(72-38-43-24-14-5-15-25-43)58(71-37-42-22-12-4-13-23-42)56(52)69-35-40-18-8-2-9-19-40/h26-33,39-43H,1-25,34-38H2. The van der Waals surface area contributed by atoms with E-state index in [1.54, 1.807) is 12.1 Å². The van der Waals surface area contributed by atoms with Crippen molar-refractivity contribution < 1.29 is 59.2 Å². The molecule has 5 aliphatic rings. The molecule has 73 heavy (non-hydrogen) atoms. The second kappa shape index (κ2) is 25.1. The molecule has 13 heteroatoms. The zero-order chi connectivity index (χ0) is 50.7. The van der Waals surface area contributed by atoms with E-state index in [2.05, 4.69) is 4.74 Å². The van der Waals surface area contributed by atoms with E-state index in [0.29, 0.717) is 108 Å². The van der Waals surface area contributed by atoms with Crippen LogP contribution in [0.25, 0.3) is 22.3 Å². The largest absolute Gasteiger partial charge is 0.488 e. The van der Waals surface area contributed by atoms with Crippen molar-refractivity contribution in [1.82, 2.24) is 0 Å². The summed E-state index contributed by atoms with van der Waals surface area (Å²) in [4.78, 5) is 0. The second-order valence-electron chi connectivity index (χ2n) is 21.8. The number of halogens is 7. The van der Waals surface area contributed by atoms with E-state index in [0.717, 1.165) is 141 Å². The van der Waals surface area contributed by atoms with Crippen molar-refractivity contribution in [1.29, 1.82) is 0 Å². The molecule has 5 fully saturated rings. The minimum atomic E-state index is -4.73. The van der Waals surface area contributed by atoms with Crippen molar-refractivity contribution in [3.63, 3.8) is 0 Å². The highest BCUT2D eigenvalue weighted by Crippen LogP contribution is 2.59. The van der Waals surface area contributed by atoms with Gasteiger partial charge >= 0.3 is 6.11 Å². The molecule has 4 aromatic carbocycles. The number of ether oxygens (including phenoxy) is 6. The lowest BCUT2D eigenvalue weighted by molar-refractivity contribution is -0.189. The van der Waals surface area contributed by atoms with Gasteiger partial charge in [0.15, 0.2) is 29.0 Å². The molecule has 0 N–H and O–H groups in total. The fourth-order valence-electron chi connectivity index (χ4n) is 12.0. The molecule has 398 valence electrons. The van der Waals surface area contributed by atoms with Gasteiger partial charge in [0, 0.05) is 12.1 Å². The lowest BCUT2D eigenvalue weighted by atomic mass is 9.89. The van der Waals surface area contributed by atoms with Crippen LogP contribution in [0.2, 0.25) is 0 Å². The van der Waals surface area contributed by atoms with Gasteiger partial charge in [0.25, 0.3) is 0 Å². The summed E-state index contributed by atoms with van der Waals surface area (Å²) in [6.45, 7) is 2.39. The summed E-state index contributed by atoms with van der Waals surface area (Å²) in [6.07, 6.45) is 23.4. The molecule has 0 bridgehead atoms. The molecule has 9 rings (SSSR count). The molecule has 0 spiro atoms. The van der Waals surface area contributed by atoms with Gasteiger partial charge in [0.05, 0.1) is 38.6 Å². The molecule has 0 unspecified atom stereocenters. The fraction of sp³-hybridized carbons (Fsp3) is 0.600. The molecule has 0 atom stereocenters. The first-order valence-electron chi connectivity index (χ1n) is 27.7. The summed E-state index contributed by atoms with van der Waals surface area (Å²) in [6, 6.07) is 8.79. The Bertz CT molecular complexity index is 2300. The van der Waals surface area contributed by atoms with Crippen molar-refractivity contribution in [2.24, 2.45) is 29.6 Å². The molecule has 0 aromatic heterocycles. The molecule has 6 nitrogen and oxygen atoms in total. The molecule has 0 amide bonds. The van der Waals surface area contributed by atoms with E-state index in [1.165, 1.54) is 32.1 Å². The highest BCUT2D eigenvalue weighted by atomic mass is 19.3. The lowest BCUT2D eigenvalue weighted by Gasteiger charge is -2.31. The quantitative estimate of drug-likeness (QED) is 0.0649. The zero-order valence-electron chi connectivity index (χ0n) is 42.3. The van der Waals surface area contributed by atoms with Gasteiger partial charge in [-0.3, -0.25) is 0 Å². The van der Waals surface area contributed by atoms with E-state index >= 15 is 17.6 Å². The van der Waals surface area contributed by atoms with Crippen LogP contribution in [0.15, 0.2) is 48.5 Å². The number of hydrogen-bond donors (Lipinski definition) is 0. The summed E-state index contributed by atoms with van der Waals surface area (Å²) < 4.78 is 144. The molecule has 0 aliphatic heterocycles. The first-order chi connectivity index (χ1) is 35.5. The molecule has 4 aromatic rings. The van der Waals surface area contributed by atoms with E-state index in [1.807, 2.05) is 12.1 Å². The van der Waals surface area contributed by atoms with Crippen LogP contribution in [-0.2, 0) is 6.11 Å². The minimum Gasteiger partial charge on any atom is -0.488 e. The topological polar surface area (TPSA) is 55.4 Å². The number of benzene rings is 4. The Kier molecular flexibility index (Phi) is 18.3. The maximum atomic E-state index is 15.8. The SMILES string of the molecule is Fc1cc(OC(F)(F)c2c(F)cc(-c3ccc(-c4c(OCC5CCCCC5)c(OCC5CCCCC5)c(OCC5CCCCC5)c(OCC5CCCCC5)c4OCC4CCCCC4)cc3)cc2F)cc(F)c1F. The predicted molar refractivity (Wildman–Crippen MR) is 268 cm³/mol. The van der Waals surface area contributed by atoms with Gasteiger partial charge < -0.3 is 28.4 Å². The van der Waals surface area contributed by atoms with Crippen LogP contribution in [0.3, 0.4) is 0 Å². The predicted octanol–water partition coefficient (Wildman–Crippen LogP) is 17.6. The summed E-state index contributed by atoms with van der Waals surface area (Å²) in [5.41, 5.74) is -0.212. The third-order valence-electron chi connectivity index (χ3n) is 16.3. The molecular formula is C60H73F7O6. The Labute approximate surface area is 427 Å². The third-order valence-corrected chi connectivity index (χ3v) is 16.3. The van der Waals surface area contributed by atoms with Crippen molar-refractivity contribution in [3.05, 3.63) is 83.2 Å². The third kappa shape index (κ3) is 13.5. The van der Waals surface area contributed by atoms with Crippen molar-refractivity contribution in [3.8, 4) is 56.8 Å². The maximum Gasteiger partial charge on any atom is 0.432 e. The smallest absolute Gasteiger partial charge is 0.432 e. The lowest BCUT2D eigenvalue weighted by Crippen LogP contribution is -2.25. The van der Waals surface area contributed by atoms with Crippen molar-refractivity contribution in [2.45, 2.75) is 167 Å². The van der Waals surface area contributed by atoms with Gasteiger partial charge in [-0.1, -0.05) is 121 Å². The molecule has 5 aliphatic carbocycles. The highest BCUT2D eigenvalue weighted by molar-refractivity contribution is 5.87. The molecular weight excluding hydrogens is 950 g/mol. The molecule has 0 heterocycles. The van der Waals surface area contributed by atoms with Crippen LogP contribution in [0.4, 0.5) is 30.7 Å². The first-order valence-corrected chi connectivity index (χ1v) is 27.7. The van der Waals surface area contributed by atoms with Crippen LogP contribution >= 0.6 is 0 Å². The average molecular weight is 1020 g/mol. The fourth-order valence-corrected chi connectivity index (χ4v) is 12.0. The Morgan fingerprint density at radius 1 is 0.356 bits per heavy atom. The van der Waals surface area contributed by atoms with Crippen LogP contribution in [0, 0.1) is 58.7 Å². The second-order valence-corrected chi connectivity index (χ2v) is 21.8. The zero-order valence-corrected chi connectivity index (χ0v) is 42.3. The van der Waals surface area contributed by atoms with Gasteiger partial charge in [-0.15, -0.1) is 0 Å². The van der Waals surface area contributed by atoms with Crippen LogP contribution in [-0.4, -0.2) is 33.0 Å².